The molecule has 0 radical (unpaired) electrons. The van der Waals surface area contributed by atoms with Crippen LogP contribution in [0.15, 0.2) is 24.4 Å². The number of carbonyl (C=O) groups excluding carboxylic acids is 1. The van der Waals surface area contributed by atoms with Crippen LogP contribution in [0.5, 0.6) is 0 Å². The molecule has 116 valence electrons. The monoisotopic (exact) mass is 298 g/mol. The maximum Gasteiger partial charge on any atom is 0.410 e. The molecule has 0 saturated heterocycles. The summed E-state index contributed by atoms with van der Waals surface area (Å²) in [6.07, 6.45) is 9.82. The lowest BCUT2D eigenvalue weighted by molar-refractivity contribution is 0.0273. The Bertz CT molecular complexity index is 654. The first-order chi connectivity index (χ1) is 10.4. The number of hydrogen-bond acceptors (Lipinski definition) is 3. The molecule has 1 amide bonds. The first kappa shape index (κ1) is 14.8. The molecule has 0 unspecified atom stereocenters. The molecule has 1 aliphatic carbocycles. The number of allylic oxidation sites excluding steroid dienone is 1. The van der Waals surface area contributed by atoms with Gasteiger partial charge in [0.1, 0.15) is 5.60 Å². The molecule has 0 spiro atoms. The second-order valence-corrected chi connectivity index (χ2v) is 6.75. The van der Waals surface area contributed by atoms with Crippen LogP contribution in [0.3, 0.4) is 0 Å². The molecule has 0 fully saturated rings. The van der Waals surface area contributed by atoms with Crippen LogP contribution < -0.4 is 0 Å². The first-order valence-corrected chi connectivity index (χ1v) is 7.76. The summed E-state index contributed by atoms with van der Waals surface area (Å²) in [6, 6.07) is 2.05. The van der Waals surface area contributed by atoms with Gasteiger partial charge in [0, 0.05) is 19.3 Å². The van der Waals surface area contributed by atoms with Gasteiger partial charge in [-0.1, -0.05) is 12.2 Å². The van der Waals surface area contributed by atoms with Crippen molar-refractivity contribution in [3.8, 4) is 0 Å². The summed E-state index contributed by atoms with van der Waals surface area (Å²) in [4.78, 5) is 18.5. The van der Waals surface area contributed by atoms with E-state index >= 15 is 0 Å². The van der Waals surface area contributed by atoms with Crippen molar-refractivity contribution in [1.82, 2.24) is 9.88 Å². The summed E-state index contributed by atoms with van der Waals surface area (Å²) in [5, 5.41) is 0. The maximum atomic E-state index is 12.3. The summed E-state index contributed by atoms with van der Waals surface area (Å²) >= 11 is 0. The van der Waals surface area contributed by atoms with Crippen LogP contribution in [0, 0.1) is 0 Å². The standard InChI is InChI=1S/C18H22N2O2/c1-18(2,3)22-17(21)20-11-5-6-13(12-20)14-9-10-19-16-8-4-7-15(14)16/h4,6,8-10H,5,7,11-12H2,1-3H3. The lowest BCUT2D eigenvalue weighted by Crippen LogP contribution is -2.39. The maximum absolute atomic E-state index is 12.3. The van der Waals surface area contributed by atoms with E-state index in [1.165, 1.54) is 16.7 Å². The Morgan fingerprint density at radius 3 is 2.95 bits per heavy atom. The molecular weight excluding hydrogens is 276 g/mol. The second-order valence-electron chi connectivity index (χ2n) is 6.75. The first-order valence-electron chi connectivity index (χ1n) is 7.76. The van der Waals surface area contributed by atoms with Gasteiger partial charge in [0.25, 0.3) is 0 Å². The highest BCUT2D eigenvalue weighted by molar-refractivity contribution is 5.78. The van der Waals surface area contributed by atoms with Gasteiger partial charge in [-0.25, -0.2) is 4.79 Å². The van der Waals surface area contributed by atoms with Gasteiger partial charge in [0.2, 0.25) is 0 Å². The van der Waals surface area contributed by atoms with E-state index in [4.69, 9.17) is 4.74 Å². The third-order valence-electron chi connectivity index (χ3n) is 3.84. The summed E-state index contributed by atoms with van der Waals surface area (Å²) in [7, 11) is 0. The summed E-state index contributed by atoms with van der Waals surface area (Å²) in [5.41, 5.74) is 4.26. The molecule has 22 heavy (non-hydrogen) atoms. The van der Waals surface area contributed by atoms with E-state index in [0.717, 1.165) is 18.5 Å². The molecule has 0 N–H and O–H groups in total. The number of hydrogen-bond donors (Lipinski definition) is 0. The number of pyridine rings is 1. The number of rotatable bonds is 1. The van der Waals surface area contributed by atoms with E-state index in [0.29, 0.717) is 13.1 Å². The van der Waals surface area contributed by atoms with Gasteiger partial charge in [-0.05, 0) is 62.5 Å². The van der Waals surface area contributed by atoms with E-state index in [1.807, 2.05) is 27.0 Å². The molecule has 0 bridgehead atoms. The SMILES string of the molecule is CC(C)(C)OC(=O)N1CCC=C(c2ccnc3c2CC=C3)C1. The highest BCUT2D eigenvalue weighted by atomic mass is 16.6. The normalized spacial score (nSPS) is 17.2. The zero-order chi connectivity index (χ0) is 15.7. The van der Waals surface area contributed by atoms with Gasteiger partial charge in [0.05, 0.1) is 5.69 Å². The topological polar surface area (TPSA) is 42.4 Å². The molecule has 2 heterocycles. The molecule has 2 aliphatic rings. The summed E-state index contributed by atoms with van der Waals surface area (Å²) < 4.78 is 5.49. The fourth-order valence-corrected chi connectivity index (χ4v) is 2.88. The van der Waals surface area contributed by atoms with Crippen molar-refractivity contribution >= 4 is 17.7 Å². The smallest absolute Gasteiger partial charge is 0.410 e. The van der Waals surface area contributed by atoms with Crippen LogP contribution in [0.25, 0.3) is 11.6 Å². The van der Waals surface area contributed by atoms with Crippen molar-refractivity contribution in [1.29, 1.82) is 0 Å². The van der Waals surface area contributed by atoms with Crippen LogP contribution in [0.1, 0.15) is 44.0 Å². The Morgan fingerprint density at radius 2 is 2.18 bits per heavy atom. The van der Waals surface area contributed by atoms with Gasteiger partial charge in [-0.2, -0.15) is 0 Å². The van der Waals surface area contributed by atoms with Gasteiger partial charge in [0.15, 0.2) is 0 Å². The van der Waals surface area contributed by atoms with Gasteiger partial charge in [-0.15, -0.1) is 0 Å². The molecule has 1 aliphatic heterocycles. The lowest BCUT2D eigenvalue weighted by atomic mass is 9.96. The number of aromatic nitrogens is 1. The van der Waals surface area contributed by atoms with Crippen molar-refractivity contribution < 1.29 is 9.53 Å². The minimum atomic E-state index is -0.458. The predicted octanol–water partition coefficient (Wildman–Crippen LogP) is 3.68. The average molecular weight is 298 g/mol. The molecule has 0 atom stereocenters. The minimum absolute atomic E-state index is 0.234. The van der Waals surface area contributed by atoms with Gasteiger partial charge < -0.3 is 9.64 Å². The number of nitrogens with zero attached hydrogens (tertiary/aromatic N) is 2. The average Bonchev–Trinajstić information content (AvgIpc) is 2.94. The quantitative estimate of drug-likeness (QED) is 0.794. The van der Waals surface area contributed by atoms with Crippen molar-refractivity contribution in [3.63, 3.8) is 0 Å². The van der Waals surface area contributed by atoms with E-state index in [2.05, 4.69) is 29.3 Å². The molecule has 1 aromatic rings. The number of carbonyl (C=O) groups is 1. The fraction of sp³-hybridized carbons (Fsp3) is 0.444. The molecule has 1 aromatic heterocycles. The Morgan fingerprint density at radius 1 is 1.36 bits per heavy atom. The van der Waals surface area contributed by atoms with Crippen molar-refractivity contribution in [3.05, 3.63) is 41.2 Å². The zero-order valence-corrected chi connectivity index (χ0v) is 13.4. The van der Waals surface area contributed by atoms with Crippen LogP contribution in [-0.4, -0.2) is 34.7 Å². The molecule has 3 rings (SSSR count). The minimum Gasteiger partial charge on any atom is -0.444 e. The highest BCUT2D eigenvalue weighted by Gasteiger charge is 2.26. The van der Waals surface area contributed by atoms with Crippen molar-refractivity contribution in [2.45, 2.75) is 39.2 Å². The number of fused-ring (bicyclic) bond motifs is 1. The number of ether oxygens (including phenoxy) is 1. The van der Waals surface area contributed by atoms with Crippen LogP contribution in [0.2, 0.25) is 0 Å². The van der Waals surface area contributed by atoms with E-state index in [-0.39, 0.29) is 6.09 Å². The predicted molar refractivity (Wildman–Crippen MR) is 87.4 cm³/mol. The molecule has 0 saturated carbocycles. The van der Waals surface area contributed by atoms with Crippen molar-refractivity contribution in [2.75, 3.05) is 13.1 Å². The summed E-state index contributed by atoms with van der Waals surface area (Å²) in [5.74, 6) is 0. The van der Waals surface area contributed by atoms with Crippen LogP contribution >= 0.6 is 0 Å². The molecule has 4 heteroatoms. The largest absolute Gasteiger partial charge is 0.444 e. The fourth-order valence-electron chi connectivity index (χ4n) is 2.88. The Hall–Kier alpha value is -2.10. The molecule has 4 nitrogen and oxygen atoms in total. The second kappa shape index (κ2) is 5.59. The Balaban J connectivity index is 1.78. The molecular formula is C18H22N2O2. The summed E-state index contributed by atoms with van der Waals surface area (Å²) in [6.45, 7) is 7.00. The third kappa shape index (κ3) is 3.06. The van der Waals surface area contributed by atoms with Gasteiger partial charge in [-0.3, -0.25) is 4.98 Å². The number of amides is 1. The zero-order valence-electron chi connectivity index (χ0n) is 13.4. The van der Waals surface area contributed by atoms with Crippen molar-refractivity contribution in [2.24, 2.45) is 0 Å². The highest BCUT2D eigenvalue weighted by Crippen LogP contribution is 2.29. The van der Waals surface area contributed by atoms with Crippen LogP contribution in [-0.2, 0) is 11.2 Å². The third-order valence-corrected chi connectivity index (χ3v) is 3.84. The Kier molecular flexibility index (Phi) is 3.77. The van der Waals surface area contributed by atoms with E-state index in [1.54, 1.807) is 4.90 Å². The lowest BCUT2D eigenvalue weighted by Gasteiger charge is -2.30. The Labute approximate surface area is 131 Å². The van der Waals surface area contributed by atoms with Crippen LogP contribution in [0.4, 0.5) is 4.79 Å². The van der Waals surface area contributed by atoms with E-state index < -0.39 is 5.60 Å². The molecule has 0 aromatic carbocycles. The van der Waals surface area contributed by atoms with E-state index in [9.17, 15) is 4.79 Å². The van der Waals surface area contributed by atoms with Gasteiger partial charge >= 0.3 is 6.09 Å².